The first kappa shape index (κ1) is 16.9. The van der Waals surface area contributed by atoms with Crippen LogP contribution in [-0.4, -0.2) is 47.3 Å². The molecular weight excluding hydrogens is 294 g/mol. The van der Waals surface area contributed by atoms with Crippen molar-refractivity contribution in [3.63, 3.8) is 0 Å². The number of hydrogen-bond acceptors (Lipinski definition) is 4. The summed E-state index contributed by atoms with van der Waals surface area (Å²) in [4.78, 5) is 33.5. The highest BCUT2D eigenvalue weighted by atomic mass is 16.2. The van der Waals surface area contributed by atoms with Gasteiger partial charge in [0.2, 0.25) is 11.8 Å². The van der Waals surface area contributed by atoms with E-state index in [0.717, 1.165) is 12.2 Å². The number of nitrogens with one attached hydrogen (secondary N) is 2. The Morgan fingerprint density at radius 3 is 2.70 bits per heavy atom. The molecule has 0 spiro atoms. The molecule has 2 N–H and O–H groups in total. The van der Waals surface area contributed by atoms with Gasteiger partial charge in [0.05, 0.1) is 12.2 Å². The molecule has 1 saturated heterocycles. The van der Waals surface area contributed by atoms with Gasteiger partial charge in [-0.25, -0.2) is 4.99 Å². The largest absolute Gasteiger partial charge is 0.357 e. The Hall–Kier alpha value is -2.44. The van der Waals surface area contributed by atoms with Gasteiger partial charge in [-0.3, -0.25) is 19.5 Å². The van der Waals surface area contributed by atoms with Crippen LogP contribution < -0.4 is 10.6 Å². The molecule has 7 heteroatoms. The Kier molecular flexibility index (Phi) is 6.53. The number of carbonyl (C=O) groups excluding carboxylic acids is 2. The zero-order valence-electron chi connectivity index (χ0n) is 13.4. The predicted molar refractivity (Wildman–Crippen MR) is 87.6 cm³/mol. The second-order valence-corrected chi connectivity index (χ2v) is 5.24. The number of amides is 2. The van der Waals surface area contributed by atoms with Crippen LogP contribution in [0.25, 0.3) is 0 Å². The number of pyridine rings is 1. The van der Waals surface area contributed by atoms with Crippen LogP contribution in [0.15, 0.2) is 29.4 Å². The summed E-state index contributed by atoms with van der Waals surface area (Å²) in [6.07, 6.45) is 3.31. The smallest absolute Gasteiger partial charge is 0.229 e. The summed E-state index contributed by atoms with van der Waals surface area (Å²) >= 11 is 0. The topological polar surface area (TPSA) is 86.7 Å². The van der Waals surface area contributed by atoms with E-state index >= 15 is 0 Å². The quantitative estimate of drug-likeness (QED) is 0.458. The van der Waals surface area contributed by atoms with Gasteiger partial charge in [0, 0.05) is 38.7 Å². The fourth-order valence-electron chi connectivity index (χ4n) is 2.33. The lowest BCUT2D eigenvalue weighted by molar-refractivity contribution is -0.147. The van der Waals surface area contributed by atoms with Crippen LogP contribution in [-0.2, 0) is 16.1 Å². The zero-order valence-corrected chi connectivity index (χ0v) is 13.4. The summed E-state index contributed by atoms with van der Waals surface area (Å²) in [6, 6.07) is 5.70. The van der Waals surface area contributed by atoms with Gasteiger partial charge in [-0.15, -0.1) is 0 Å². The van der Waals surface area contributed by atoms with E-state index in [-0.39, 0.29) is 11.8 Å². The highest BCUT2D eigenvalue weighted by Crippen LogP contribution is 2.11. The molecule has 1 aliphatic rings. The van der Waals surface area contributed by atoms with Crippen molar-refractivity contribution in [2.45, 2.75) is 32.7 Å². The van der Waals surface area contributed by atoms with Gasteiger partial charge in [-0.2, -0.15) is 0 Å². The van der Waals surface area contributed by atoms with E-state index in [9.17, 15) is 9.59 Å². The van der Waals surface area contributed by atoms with Crippen molar-refractivity contribution < 1.29 is 9.59 Å². The summed E-state index contributed by atoms with van der Waals surface area (Å²) in [5.41, 5.74) is 0.881. The van der Waals surface area contributed by atoms with E-state index in [4.69, 9.17) is 0 Å². The molecule has 1 aromatic rings. The van der Waals surface area contributed by atoms with Gasteiger partial charge >= 0.3 is 0 Å². The Bertz CT molecular complexity index is 543. The standard InChI is InChI=1S/C16H23N5O2/c1-2-17-16(20-12-13-6-3-4-9-18-13)19-10-11-21-14(22)7-5-8-15(21)23/h3-4,6,9H,2,5,7-8,10-12H2,1H3,(H2,17,19,20). The predicted octanol–water partition coefficient (Wildman–Crippen LogP) is 0.676. The Morgan fingerprint density at radius 2 is 2.04 bits per heavy atom. The van der Waals surface area contributed by atoms with Crippen molar-refractivity contribution >= 4 is 17.8 Å². The summed E-state index contributed by atoms with van der Waals surface area (Å²) in [5, 5.41) is 6.28. The first-order valence-corrected chi connectivity index (χ1v) is 7.96. The Morgan fingerprint density at radius 1 is 1.26 bits per heavy atom. The van der Waals surface area contributed by atoms with Crippen molar-refractivity contribution in [1.29, 1.82) is 0 Å². The average Bonchev–Trinajstić information content (AvgIpc) is 2.56. The van der Waals surface area contributed by atoms with Crippen LogP contribution in [0.4, 0.5) is 0 Å². The van der Waals surface area contributed by atoms with Crippen LogP contribution in [0, 0.1) is 0 Å². The second-order valence-electron chi connectivity index (χ2n) is 5.24. The van der Waals surface area contributed by atoms with E-state index in [0.29, 0.717) is 44.9 Å². The third-order valence-electron chi connectivity index (χ3n) is 3.48. The number of likely N-dealkylation sites (tertiary alicyclic amines) is 1. The third-order valence-corrected chi connectivity index (χ3v) is 3.48. The van der Waals surface area contributed by atoms with Crippen LogP contribution in [0.5, 0.6) is 0 Å². The highest BCUT2D eigenvalue weighted by Gasteiger charge is 2.25. The van der Waals surface area contributed by atoms with Crippen LogP contribution in [0.2, 0.25) is 0 Å². The summed E-state index contributed by atoms with van der Waals surface area (Å²) in [6.45, 7) is 4.03. The summed E-state index contributed by atoms with van der Waals surface area (Å²) < 4.78 is 0. The fraction of sp³-hybridized carbons (Fsp3) is 0.500. The van der Waals surface area contributed by atoms with E-state index in [1.807, 2.05) is 25.1 Å². The van der Waals surface area contributed by atoms with Crippen molar-refractivity contribution in [2.75, 3.05) is 19.6 Å². The fourth-order valence-corrected chi connectivity index (χ4v) is 2.33. The first-order chi connectivity index (χ1) is 11.2. The molecule has 0 atom stereocenters. The van der Waals surface area contributed by atoms with Gasteiger partial charge in [0.15, 0.2) is 5.96 Å². The summed E-state index contributed by atoms with van der Waals surface area (Å²) in [7, 11) is 0. The second kappa shape index (κ2) is 8.87. The first-order valence-electron chi connectivity index (χ1n) is 7.96. The lowest BCUT2D eigenvalue weighted by Crippen LogP contribution is -2.46. The number of guanidine groups is 1. The van der Waals surface area contributed by atoms with E-state index in [2.05, 4.69) is 20.6 Å². The molecule has 2 amide bonds. The molecule has 0 bridgehead atoms. The number of nitrogens with zero attached hydrogens (tertiary/aromatic N) is 3. The maximum Gasteiger partial charge on any atom is 0.229 e. The van der Waals surface area contributed by atoms with E-state index in [1.54, 1.807) is 6.20 Å². The number of carbonyl (C=O) groups is 2. The minimum atomic E-state index is -0.0847. The Labute approximate surface area is 136 Å². The normalized spacial score (nSPS) is 15.7. The van der Waals surface area contributed by atoms with Gasteiger partial charge in [0.25, 0.3) is 0 Å². The monoisotopic (exact) mass is 317 g/mol. The lowest BCUT2D eigenvalue weighted by Gasteiger charge is -2.25. The number of hydrogen-bond donors (Lipinski definition) is 2. The molecule has 2 heterocycles. The molecule has 23 heavy (non-hydrogen) atoms. The number of imide groups is 1. The molecule has 0 saturated carbocycles. The maximum absolute atomic E-state index is 11.7. The molecule has 1 aliphatic heterocycles. The molecule has 124 valence electrons. The van der Waals surface area contributed by atoms with Crippen LogP contribution in [0.1, 0.15) is 31.9 Å². The molecule has 0 radical (unpaired) electrons. The van der Waals surface area contributed by atoms with Gasteiger partial charge in [-0.05, 0) is 25.5 Å². The van der Waals surface area contributed by atoms with Crippen molar-refractivity contribution in [3.8, 4) is 0 Å². The molecule has 0 aliphatic carbocycles. The molecule has 0 aromatic carbocycles. The van der Waals surface area contributed by atoms with Crippen molar-refractivity contribution in [3.05, 3.63) is 30.1 Å². The van der Waals surface area contributed by atoms with E-state index < -0.39 is 0 Å². The molecule has 2 rings (SSSR count). The molecule has 7 nitrogen and oxygen atoms in total. The van der Waals surface area contributed by atoms with Gasteiger partial charge in [-0.1, -0.05) is 6.07 Å². The minimum absolute atomic E-state index is 0.0847. The van der Waals surface area contributed by atoms with Crippen molar-refractivity contribution in [1.82, 2.24) is 20.5 Å². The Balaban J connectivity index is 1.84. The van der Waals surface area contributed by atoms with Gasteiger partial charge in [0.1, 0.15) is 0 Å². The lowest BCUT2D eigenvalue weighted by atomic mass is 10.1. The SMILES string of the molecule is CCNC(=NCc1ccccn1)NCCN1C(=O)CCCC1=O. The third kappa shape index (κ3) is 5.36. The van der Waals surface area contributed by atoms with E-state index in [1.165, 1.54) is 4.90 Å². The zero-order chi connectivity index (χ0) is 16.5. The molecule has 1 aromatic heterocycles. The van der Waals surface area contributed by atoms with Crippen LogP contribution >= 0.6 is 0 Å². The number of piperidine rings is 1. The molecule has 0 unspecified atom stereocenters. The molecule has 1 fully saturated rings. The van der Waals surface area contributed by atoms with Gasteiger partial charge < -0.3 is 10.6 Å². The number of aromatic nitrogens is 1. The molecular formula is C16H23N5O2. The van der Waals surface area contributed by atoms with Crippen molar-refractivity contribution in [2.24, 2.45) is 4.99 Å². The summed E-state index contributed by atoms with van der Waals surface area (Å²) in [5.74, 6) is 0.479. The number of rotatable bonds is 6. The maximum atomic E-state index is 11.7. The highest BCUT2D eigenvalue weighted by molar-refractivity contribution is 5.97. The average molecular weight is 317 g/mol. The minimum Gasteiger partial charge on any atom is -0.357 e. The van der Waals surface area contributed by atoms with Crippen LogP contribution in [0.3, 0.4) is 0 Å². The number of aliphatic imine (C=N–C) groups is 1.